The van der Waals surface area contributed by atoms with E-state index in [4.69, 9.17) is 5.73 Å². The summed E-state index contributed by atoms with van der Waals surface area (Å²) >= 11 is 0. The predicted molar refractivity (Wildman–Crippen MR) is 82.3 cm³/mol. The van der Waals surface area contributed by atoms with Crippen molar-refractivity contribution in [2.75, 3.05) is 19.6 Å². The Morgan fingerprint density at radius 1 is 1.45 bits per heavy atom. The number of nitrogens with zero attached hydrogens (tertiary/aromatic N) is 1. The van der Waals surface area contributed by atoms with E-state index in [-0.39, 0.29) is 11.4 Å². The SMILES string of the molecule is Cc1cc(CC(C)(CN)N2CCCC(C)C2)ccc1F. The second-order valence-corrected chi connectivity index (χ2v) is 6.65. The van der Waals surface area contributed by atoms with Crippen molar-refractivity contribution in [2.45, 2.75) is 45.6 Å². The van der Waals surface area contributed by atoms with Crippen molar-refractivity contribution < 1.29 is 4.39 Å². The van der Waals surface area contributed by atoms with Gasteiger partial charge in [-0.25, -0.2) is 4.39 Å². The predicted octanol–water partition coefficient (Wildman–Crippen LogP) is 3.13. The van der Waals surface area contributed by atoms with Crippen LogP contribution in [0.1, 0.15) is 37.8 Å². The van der Waals surface area contributed by atoms with Crippen LogP contribution in [0.4, 0.5) is 4.39 Å². The van der Waals surface area contributed by atoms with Crippen molar-refractivity contribution in [1.82, 2.24) is 4.90 Å². The van der Waals surface area contributed by atoms with Gasteiger partial charge >= 0.3 is 0 Å². The Morgan fingerprint density at radius 2 is 2.20 bits per heavy atom. The molecule has 1 aromatic carbocycles. The normalized spacial score (nSPS) is 23.6. The second-order valence-electron chi connectivity index (χ2n) is 6.65. The Labute approximate surface area is 122 Å². The van der Waals surface area contributed by atoms with Crippen LogP contribution in [-0.2, 0) is 6.42 Å². The molecule has 1 aromatic rings. The lowest BCUT2D eigenvalue weighted by atomic mass is 9.87. The molecule has 2 N–H and O–H groups in total. The van der Waals surface area contributed by atoms with Gasteiger partial charge in [0.15, 0.2) is 0 Å². The van der Waals surface area contributed by atoms with E-state index >= 15 is 0 Å². The number of hydrogen-bond donors (Lipinski definition) is 1. The van der Waals surface area contributed by atoms with E-state index < -0.39 is 0 Å². The summed E-state index contributed by atoms with van der Waals surface area (Å²) in [5.41, 5.74) is 7.95. The van der Waals surface area contributed by atoms with E-state index in [1.54, 1.807) is 6.07 Å². The topological polar surface area (TPSA) is 29.3 Å². The third-order valence-electron chi connectivity index (χ3n) is 4.67. The molecule has 0 radical (unpaired) electrons. The third kappa shape index (κ3) is 3.39. The van der Waals surface area contributed by atoms with Crippen molar-refractivity contribution >= 4 is 0 Å². The summed E-state index contributed by atoms with van der Waals surface area (Å²) in [7, 11) is 0. The first-order valence-corrected chi connectivity index (χ1v) is 7.65. The van der Waals surface area contributed by atoms with E-state index in [1.165, 1.54) is 18.4 Å². The molecular weight excluding hydrogens is 251 g/mol. The van der Waals surface area contributed by atoms with Crippen LogP contribution in [0, 0.1) is 18.7 Å². The Balaban J connectivity index is 2.15. The standard InChI is InChI=1S/C17H27FN2/c1-13-5-4-8-20(11-13)17(3,12-19)10-15-6-7-16(18)14(2)9-15/h6-7,9,13H,4-5,8,10-12,19H2,1-3H3. The molecule has 0 amide bonds. The van der Waals surface area contributed by atoms with Gasteiger partial charge in [-0.2, -0.15) is 0 Å². The first kappa shape index (κ1) is 15.5. The van der Waals surface area contributed by atoms with Crippen molar-refractivity contribution in [3.05, 3.63) is 35.1 Å². The number of benzene rings is 1. The first-order valence-electron chi connectivity index (χ1n) is 7.65. The van der Waals surface area contributed by atoms with Gasteiger partial charge in [0.2, 0.25) is 0 Å². The van der Waals surface area contributed by atoms with Crippen LogP contribution in [0.15, 0.2) is 18.2 Å². The van der Waals surface area contributed by atoms with Crippen molar-refractivity contribution in [3.63, 3.8) is 0 Å². The molecule has 0 spiro atoms. The molecule has 2 nitrogen and oxygen atoms in total. The van der Waals surface area contributed by atoms with Gasteiger partial charge in [-0.1, -0.05) is 19.1 Å². The molecule has 1 heterocycles. The fraction of sp³-hybridized carbons (Fsp3) is 0.647. The molecule has 0 aliphatic carbocycles. The summed E-state index contributed by atoms with van der Waals surface area (Å²) in [6, 6.07) is 5.42. The van der Waals surface area contributed by atoms with Gasteiger partial charge < -0.3 is 5.73 Å². The molecule has 2 rings (SSSR count). The summed E-state index contributed by atoms with van der Waals surface area (Å²) < 4.78 is 13.4. The number of hydrogen-bond acceptors (Lipinski definition) is 2. The molecule has 1 aliphatic rings. The summed E-state index contributed by atoms with van der Waals surface area (Å²) in [5, 5.41) is 0. The molecule has 0 bridgehead atoms. The molecule has 2 atom stereocenters. The molecule has 1 aliphatic heterocycles. The minimum Gasteiger partial charge on any atom is -0.329 e. The van der Waals surface area contributed by atoms with Crippen molar-refractivity contribution in [1.29, 1.82) is 0 Å². The van der Waals surface area contributed by atoms with Crippen LogP contribution in [-0.4, -0.2) is 30.1 Å². The average Bonchev–Trinajstić information content (AvgIpc) is 2.43. The molecule has 0 aromatic heterocycles. The summed E-state index contributed by atoms with van der Waals surface area (Å²) in [6.07, 6.45) is 3.45. The Kier molecular flexibility index (Phi) is 4.82. The minimum atomic E-state index is -0.130. The lowest BCUT2D eigenvalue weighted by molar-refractivity contribution is 0.0641. The molecule has 2 unspecified atom stereocenters. The highest BCUT2D eigenvalue weighted by molar-refractivity contribution is 5.25. The number of rotatable bonds is 4. The fourth-order valence-electron chi connectivity index (χ4n) is 3.25. The second kappa shape index (κ2) is 6.23. The molecule has 1 fully saturated rings. The van der Waals surface area contributed by atoms with E-state index in [0.29, 0.717) is 12.1 Å². The van der Waals surface area contributed by atoms with Gasteiger partial charge in [0.1, 0.15) is 5.82 Å². The lowest BCUT2D eigenvalue weighted by Crippen LogP contribution is -2.56. The van der Waals surface area contributed by atoms with Gasteiger partial charge in [0.05, 0.1) is 0 Å². The largest absolute Gasteiger partial charge is 0.329 e. The monoisotopic (exact) mass is 278 g/mol. The van der Waals surface area contributed by atoms with Crippen LogP contribution >= 0.6 is 0 Å². The highest BCUT2D eigenvalue weighted by Crippen LogP contribution is 2.27. The molecule has 20 heavy (non-hydrogen) atoms. The minimum absolute atomic E-state index is 0.0288. The number of nitrogens with two attached hydrogens (primary N) is 1. The van der Waals surface area contributed by atoms with Crippen LogP contribution in [0.2, 0.25) is 0 Å². The highest BCUT2D eigenvalue weighted by atomic mass is 19.1. The maximum Gasteiger partial charge on any atom is 0.126 e. The molecule has 0 saturated carbocycles. The Bertz CT molecular complexity index is 460. The first-order chi connectivity index (χ1) is 9.44. The number of likely N-dealkylation sites (tertiary alicyclic amines) is 1. The van der Waals surface area contributed by atoms with Gasteiger partial charge in [0.25, 0.3) is 0 Å². The van der Waals surface area contributed by atoms with Gasteiger partial charge in [-0.15, -0.1) is 0 Å². The van der Waals surface area contributed by atoms with Crippen LogP contribution in [0.3, 0.4) is 0 Å². The van der Waals surface area contributed by atoms with Gasteiger partial charge in [0, 0.05) is 18.6 Å². The van der Waals surface area contributed by atoms with E-state index in [9.17, 15) is 4.39 Å². The molecule has 112 valence electrons. The van der Waals surface area contributed by atoms with Crippen LogP contribution < -0.4 is 5.73 Å². The Morgan fingerprint density at radius 3 is 2.80 bits per heavy atom. The quantitative estimate of drug-likeness (QED) is 0.917. The van der Waals surface area contributed by atoms with Crippen LogP contribution in [0.5, 0.6) is 0 Å². The number of halogens is 1. The zero-order valence-corrected chi connectivity index (χ0v) is 13.0. The van der Waals surface area contributed by atoms with Gasteiger partial charge in [-0.3, -0.25) is 4.90 Å². The maximum absolute atomic E-state index is 13.4. The summed E-state index contributed by atoms with van der Waals surface area (Å²) in [5.74, 6) is 0.611. The zero-order chi connectivity index (χ0) is 14.8. The smallest absolute Gasteiger partial charge is 0.126 e. The Hall–Kier alpha value is -0.930. The summed E-state index contributed by atoms with van der Waals surface area (Å²) in [6.45, 7) is 9.25. The summed E-state index contributed by atoms with van der Waals surface area (Å²) in [4.78, 5) is 2.53. The van der Waals surface area contributed by atoms with Gasteiger partial charge in [-0.05, 0) is 62.8 Å². The van der Waals surface area contributed by atoms with E-state index in [0.717, 1.165) is 25.4 Å². The lowest BCUT2D eigenvalue weighted by Gasteiger charge is -2.45. The van der Waals surface area contributed by atoms with E-state index in [2.05, 4.69) is 18.7 Å². The zero-order valence-electron chi connectivity index (χ0n) is 13.0. The van der Waals surface area contributed by atoms with Crippen molar-refractivity contribution in [3.8, 4) is 0 Å². The number of piperidine rings is 1. The molecule has 1 saturated heterocycles. The van der Waals surface area contributed by atoms with E-state index in [1.807, 2.05) is 19.1 Å². The maximum atomic E-state index is 13.4. The number of aryl methyl sites for hydroxylation is 1. The average molecular weight is 278 g/mol. The molecule has 3 heteroatoms. The fourth-order valence-corrected chi connectivity index (χ4v) is 3.25. The van der Waals surface area contributed by atoms with Crippen molar-refractivity contribution in [2.24, 2.45) is 11.7 Å². The third-order valence-corrected chi connectivity index (χ3v) is 4.67. The molecular formula is C17H27FN2. The highest BCUT2D eigenvalue weighted by Gasteiger charge is 2.33. The van der Waals surface area contributed by atoms with Crippen LogP contribution in [0.25, 0.3) is 0 Å².